The Labute approximate surface area is 158 Å². The average Bonchev–Trinajstić information content (AvgIpc) is 2.97. The van der Waals surface area contributed by atoms with E-state index in [9.17, 15) is 4.79 Å². The molecule has 136 valence electrons. The van der Waals surface area contributed by atoms with E-state index in [1.165, 1.54) is 11.1 Å². The van der Waals surface area contributed by atoms with Gasteiger partial charge in [0.1, 0.15) is 5.75 Å². The second-order valence-corrected chi connectivity index (χ2v) is 6.66. The fourth-order valence-electron chi connectivity index (χ4n) is 3.33. The lowest BCUT2D eigenvalue weighted by Gasteiger charge is -2.27. The number of methoxy groups -OCH3 is 1. The summed E-state index contributed by atoms with van der Waals surface area (Å²) in [6, 6.07) is 17.3. The first-order chi connectivity index (χ1) is 13.1. The number of benzene rings is 2. The fraction of sp³-hybridized carbons (Fsp3) is 0.182. The van der Waals surface area contributed by atoms with Crippen LogP contribution in [0.2, 0.25) is 0 Å². The molecule has 0 fully saturated rings. The van der Waals surface area contributed by atoms with Gasteiger partial charge in [-0.3, -0.25) is 14.7 Å². The van der Waals surface area contributed by atoms with Crippen LogP contribution in [0.1, 0.15) is 33.3 Å². The first kappa shape index (κ1) is 17.1. The summed E-state index contributed by atoms with van der Waals surface area (Å²) >= 11 is 0. The van der Waals surface area contributed by atoms with Crippen molar-refractivity contribution >= 4 is 17.3 Å². The number of rotatable bonds is 4. The van der Waals surface area contributed by atoms with Gasteiger partial charge in [-0.1, -0.05) is 12.1 Å². The van der Waals surface area contributed by atoms with E-state index in [-0.39, 0.29) is 12.1 Å². The highest BCUT2D eigenvalue weighted by molar-refractivity contribution is 6.11. The molecule has 1 aliphatic heterocycles. The van der Waals surface area contributed by atoms with E-state index in [0.717, 1.165) is 17.1 Å². The molecule has 0 saturated carbocycles. The molecule has 0 spiro atoms. The van der Waals surface area contributed by atoms with Crippen molar-refractivity contribution in [3.63, 3.8) is 0 Å². The van der Waals surface area contributed by atoms with Crippen LogP contribution < -0.4 is 15.0 Å². The second-order valence-electron chi connectivity index (χ2n) is 6.66. The summed E-state index contributed by atoms with van der Waals surface area (Å²) in [6.45, 7) is 4.16. The normalized spacial score (nSPS) is 15.6. The zero-order chi connectivity index (χ0) is 19.0. The van der Waals surface area contributed by atoms with Crippen LogP contribution in [-0.4, -0.2) is 18.0 Å². The molecule has 0 unspecified atom stereocenters. The maximum absolute atomic E-state index is 13.1. The molecule has 27 heavy (non-hydrogen) atoms. The smallest absolute Gasteiger partial charge is 0.262 e. The predicted octanol–water partition coefficient (Wildman–Crippen LogP) is 4.48. The molecule has 1 atom stereocenters. The van der Waals surface area contributed by atoms with Gasteiger partial charge in [-0.2, -0.15) is 0 Å². The van der Waals surface area contributed by atoms with Gasteiger partial charge >= 0.3 is 0 Å². The fourth-order valence-corrected chi connectivity index (χ4v) is 3.33. The Balaban J connectivity index is 1.78. The summed E-state index contributed by atoms with van der Waals surface area (Å²) in [7, 11) is 1.62. The minimum absolute atomic E-state index is 0.0762. The van der Waals surface area contributed by atoms with Gasteiger partial charge in [0.05, 0.1) is 24.1 Å². The Morgan fingerprint density at radius 1 is 1.04 bits per heavy atom. The molecule has 0 bridgehead atoms. The number of carbonyl (C=O) groups is 1. The molecule has 2 heterocycles. The van der Waals surface area contributed by atoms with Crippen molar-refractivity contribution in [3.8, 4) is 5.75 Å². The van der Waals surface area contributed by atoms with Gasteiger partial charge in [-0.25, -0.2) is 0 Å². The van der Waals surface area contributed by atoms with Gasteiger partial charge in [0.15, 0.2) is 6.17 Å². The molecular weight excluding hydrogens is 338 g/mol. The van der Waals surface area contributed by atoms with Crippen molar-refractivity contribution in [2.45, 2.75) is 20.0 Å². The van der Waals surface area contributed by atoms with E-state index < -0.39 is 0 Å². The Morgan fingerprint density at radius 3 is 2.67 bits per heavy atom. The minimum Gasteiger partial charge on any atom is -0.497 e. The van der Waals surface area contributed by atoms with Crippen molar-refractivity contribution in [1.29, 1.82) is 0 Å². The zero-order valence-electron chi connectivity index (χ0n) is 15.6. The highest BCUT2D eigenvalue weighted by Crippen LogP contribution is 2.38. The van der Waals surface area contributed by atoms with Gasteiger partial charge < -0.3 is 10.1 Å². The number of fused-ring (bicyclic) bond motifs is 1. The van der Waals surface area contributed by atoms with E-state index in [1.807, 2.05) is 36.4 Å². The van der Waals surface area contributed by atoms with Gasteiger partial charge in [0.2, 0.25) is 0 Å². The van der Waals surface area contributed by atoms with Gasteiger partial charge in [-0.05, 0) is 61.4 Å². The number of nitrogens with zero attached hydrogens (tertiary/aromatic N) is 2. The molecule has 0 radical (unpaired) electrons. The van der Waals surface area contributed by atoms with Gasteiger partial charge in [0, 0.05) is 18.0 Å². The van der Waals surface area contributed by atoms with Crippen molar-refractivity contribution in [2.75, 3.05) is 17.3 Å². The van der Waals surface area contributed by atoms with Crippen molar-refractivity contribution in [3.05, 3.63) is 83.2 Å². The highest BCUT2D eigenvalue weighted by Gasteiger charge is 2.39. The monoisotopic (exact) mass is 359 g/mol. The van der Waals surface area contributed by atoms with Crippen LogP contribution in [0.4, 0.5) is 11.4 Å². The van der Waals surface area contributed by atoms with Gasteiger partial charge in [0.25, 0.3) is 5.91 Å². The Hall–Kier alpha value is -3.34. The molecule has 1 amide bonds. The van der Waals surface area contributed by atoms with Crippen LogP contribution in [0.25, 0.3) is 0 Å². The number of hydrogen-bond acceptors (Lipinski definition) is 4. The minimum atomic E-state index is -0.386. The van der Waals surface area contributed by atoms with Crippen LogP contribution in [0.5, 0.6) is 5.75 Å². The Kier molecular flexibility index (Phi) is 4.28. The standard InChI is InChI=1S/C22H21N3O2/c1-14-9-10-16(12-15(14)2)24-21-20-19(8-5-11-23-20)22(26)25(21)17-6-4-7-18(13-17)27-3/h4-13,21,24H,1-3H3/t21-/m1/s1. The Morgan fingerprint density at radius 2 is 1.89 bits per heavy atom. The van der Waals surface area contributed by atoms with Crippen molar-refractivity contribution < 1.29 is 9.53 Å². The summed E-state index contributed by atoms with van der Waals surface area (Å²) in [5.41, 5.74) is 5.47. The molecule has 1 N–H and O–H groups in total. The van der Waals surface area contributed by atoms with Crippen LogP contribution in [0.15, 0.2) is 60.8 Å². The van der Waals surface area contributed by atoms with Crippen LogP contribution in [0, 0.1) is 13.8 Å². The molecule has 0 saturated heterocycles. The van der Waals surface area contributed by atoms with Crippen LogP contribution in [-0.2, 0) is 0 Å². The van der Waals surface area contributed by atoms with E-state index in [1.54, 1.807) is 24.3 Å². The molecule has 5 nitrogen and oxygen atoms in total. The summed E-state index contributed by atoms with van der Waals surface area (Å²) in [4.78, 5) is 19.3. The molecule has 1 aliphatic rings. The summed E-state index contributed by atoms with van der Waals surface area (Å²) in [5.74, 6) is 0.627. The third kappa shape index (κ3) is 3.01. The van der Waals surface area contributed by atoms with Crippen molar-refractivity contribution in [2.24, 2.45) is 0 Å². The molecule has 1 aromatic heterocycles. The summed E-state index contributed by atoms with van der Waals surface area (Å²) in [6.07, 6.45) is 1.33. The number of amides is 1. The lowest BCUT2D eigenvalue weighted by Crippen LogP contribution is -2.32. The van der Waals surface area contributed by atoms with E-state index >= 15 is 0 Å². The molecule has 3 aromatic rings. The average molecular weight is 359 g/mol. The SMILES string of the molecule is COc1cccc(N2C(=O)c3cccnc3[C@@H]2Nc2ccc(C)c(C)c2)c1. The summed E-state index contributed by atoms with van der Waals surface area (Å²) < 4.78 is 5.34. The highest BCUT2D eigenvalue weighted by atomic mass is 16.5. The summed E-state index contributed by atoms with van der Waals surface area (Å²) in [5, 5.41) is 3.48. The van der Waals surface area contributed by atoms with Crippen LogP contribution in [0.3, 0.4) is 0 Å². The third-order valence-corrected chi connectivity index (χ3v) is 4.95. The number of pyridine rings is 1. The largest absolute Gasteiger partial charge is 0.497 e. The topological polar surface area (TPSA) is 54.5 Å². The van der Waals surface area contributed by atoms with E-state index in [4.69, 9.17) is 4.74 Å². The van der Waals surface area contributed by atoms with E-state index in [2.05, 4.69) is 36.3 Å². The number of aryl methyl sites for hydroxylation is 2. The number of nitrogens with one attached hydrogen (secondary N) is 1. The molecule has 2 aromatic carbocycles. The maximum atomic E-state index is 13.1. The van der Waals surface area contributed by atoms with Crippen molar-refractivity contribution in [1.82, 2.24) is 4.98 Å². The number of hydrogen-bond donors (Lipinski definition) is 1. The predicted molar refractivity (Wildman–Crippen MR) is 106 cm³/mol. The number of ether oxygens (including phenoxy) is 1. The maximum Gasteiger partial charge on any atom is 0.262 e. The lowest BCUT2D eigenvalue weighted by molar-refractivity contribution is 0.0993. The Bertz CT molecular complexity index is 1020. The molecule has 4 rings (SSSR count). The molecule has 0 aliphatic carbocycles. The lowest BCUT2D eigenvalue weighted by atomic mass is 10.1. The molecular formula is C22H21N3O2. The van der Waals surface area contributed by atoms with Gasteiger partial charge in [-0.15, -0.1) is 0 Å². The number of aromatic nitrogens is 1. The van der Waals surface area contributed by atoms with E-state index in [0.29, 0.717) is 11.3 Å². The van der Waals surface area contributed by atoms with Crippen LogP contribution >= 0.6 is 0 Å². The number of anilines is 2. The quantitative estimate of drug-likeness (QED) is 0.746. The molecule has 5 heteroatoms. The first-order valence-electron chi connectivity index (χ1n) is 8.85. The zero-order valence-corrected chi connectivity index (χ0v) is 15.6. The second kappa shape index (κ2) is 6.76. The third-order valence-electron chi connectivity index (χ3n) is 4.95. The number of carbonyl (C=O) groups excluding carboxylic acids is 1. The first-order valence-corrected chi connectivity index (χ1v) is 8.85.